The Hall–Kier alpha value is -1.14. The second-order valence-electron chi connectivity index (χ2n) is 6.36. The van der Waals surface area contributed by atoms with Gasteiger partial charge in [0, 0.05) is 39.1 Å². The Labute approximate surface area is 127 Å². The minimum Gasteiger partial charge on any atom is -0.339 e. The van der Waals surface area contributed by atoms with Crippen molar-refractivity contribution < 1.29 is 9.59 Å². The summed E-state index contributed by atoms with van der Waals surface area (Å²) in [5.41, 5.74) is 5.94. The van der Waals surface area contributed by atoms with Crippen molar-refractivity contribution in [1.29, 1.82) is 0 Å². The van der Waals surface area contributed by atoms with E-state index in [0.29, 0.717) is 38.6 Å². The zero-order chi connectivity index (χ0) is 15.4. The lowest BCUT2D eigenvalue weighted by Crippen LogP contribution is -2.53. The van der Waals surface area contributed by atoms with E-state index in [1.807, 2.05) is 4.90 Å². The zero-order valence-electron chi connectivity index (χ0n) is 13.3. The van der Waals surface area contributed by atoms with Gasteiger partial charge in [0.25, 0.3) is 0 Å². The highest BCUT2D eigenvalue weighted by atomic mass is 16.2. The minimum absolute atomic E-state index is 0.0973. The van der Waals surface area contributed by atoms with Crippen molar-refractivity contribution in [3.05, 3.63) is 0 Å². The molecular formula is C15H28N4O2. The Morgan fingerprint density at radius 3 is 2.05 bits per heavy atom. The molecule has 0 spiro atoms. The number of hydrogen-bond donors (Lipinski definition) is 1. The third kappa shape index (κ3) is 4.41. The number of carbonyl (C=O) groups is 2. The standard InChI is InChI=1S/C15H28N4O2/c1-12(16)14-3-5-17(6-4-14)11-15(21)19-9-7-18(8-10-19)13(2)20/h12,14H,3-11,16H2,1-2H3. The van der Waals surface area contributed by atoms with Gasteiger partial charge in [-0.2, -0.15) is 0 Å². The highest BCUT2D eigenvalue weighted by Crippen LogP contribution is 2.19. The average Bonchev–Trinajstić information content (AvgIpc) is 2.47. The maximum absolute atomic E-state index is 12.3. The number of rotatable bonds is 3. The molecular weight excluding hydrogens is 268 g/mol. The van der Waals surface area contributed by atoms with Gasteiger partial charge in [0.1, 0.15) is 0 Å². The van der Waals surface area contributed by atoms with Crippen LogP contribution in [-0.2, 0) is 9.59 Å². The number of piperidine rings is 1. The summed E-state index contributed by atoms with van der Waals surface area (Å²) in [6.07, 6.45) is 2.17. The molecule has 0 bridgehead atoms. The van der Waals surface area contributed by atoms with E-state index in [2.05, 4.69) is 11.8 Å². The summed E-state index contributed by atoms with van der Waals surface area (Å²) in [4.78, 5) is 29.5. The van der Waals surface area contributed by atoms with E-state index in [4.69, 9.17) is 5.73 Å². The Balaban J connectivity index is 1.72. The van der Waals surface area contributed by atoms with Gasteiger partial charge in [-0.25, -0.2) is 0 Å². The van der Waals surface area contributed by atoms with Gasteiger partial charge in [-0.1, -0.05) is 0 Å². The molecule has 21 heavy (non-hydrogen) atoms. The third-order valence-corrected chi connectivity index (χ3v) is 4.81. The van der Waals surface area contributed by atoms with E-state index in [1.54, 1.807) is 11.8 Å². The predicted octanol–water partition coefficient (Wildman–Crippen LogP) is -0.264. The Kier molecular flexibility index (Phi) is 5.58. The molecule has 2 aliphatic heterocycles. The topological polar surface area (TPSA) is 69.9 Å². The molecule has 2 aliphatic rings. The van der Waals surface area contributed by atoms with Crippen LogP contribution >= 0.6 is 0 Å². The van der Waals surface area contributed by atoms with Gasteiger partial charge in [-0.3, -0.25) is 14.5 Å². The summed E-state index contributed by atoms with van der Waals surface area (Å²) >= 11 is 0. The van der Waals surface area contributed by atoms with Crippen molar-refractivity contribution in [2.45, 2.75) is 32.7 Å². The molecule has 1 unspecified atom stereocenters. The average molecular weight is 296 g/mol. The number of likely N-dealkylation sites (tertiary alicyclic amines) is 1. The number of piperazine rings is 1. The van der Waals surface area contributed by atoms with Crippen molar-refractivity contribution in [3.63, 3.8) is 0 Å². The van der Waals surface area contributed by atoms with E-state index in [1.165, 1.54) is 0 Å². The number of hydrogen-bond acceptors (Lipinski definition) is 4. The first-order valence-electron chi connectivity index (χ1n) is 7.98. The SMILES string of the molecule is CC(=O)N1CCN(C(=O)CN2CCC(C(C)N)CC2)CC1. The molecule has 1 atom stereocenters. The van der Waals surface area contributed by atoms with E-state index >= 15 is 0 Å². The van der Waals surface area contributed by atoms with Crippen LogP contribution in [0.5, 0.6) is 0 Å². The smallest absolute Gasteiger partial charge is 0.236 e. The fourth-order valence-corrected chi connectivity index (χ4v) is 3.20. The maximum atomic E-state index is 12.3. The lowest BCUT2D eigenvalue weighted by molar-refractivity contribution is -0.139. The van der Waals surface area contributed by atoms with Crippen molar-refractivity contribution in [3.8, 4) is 0 Å². The Bertz CT molecular complexity index is 370. The van der Waals surface area contributed by atoms with Gasteiger partial charge in [-0.05, 0) is 38.8 Å². The molecule has 2 fully saturated rings. The van der Waals surface area contributed by atoms with Crippen LogP contribution in [-0.4, -0.2) is 78.4 Å². The molecule has 2 N–H and O–H groups in total. The second kappa shape index (κ2) is 7.22. The molecule has 2 saturated heterocycles. The lowest BCUT2D eigenvalue weighted by Gasteiger charge is -2.37. The van der Waals surface area contributed by atoms with Crippen molar-refractivity contribution in [2.24, 2.45) is 11.7 Å². The van der Waals surface area contributed by atoms with Crippen LogP contribution in [0.25, 0.3) is 0 Å². The van der Waals surface area contributed by atoms with Crippen LogP contribution in [0.1, 0.15) is 26.7 Å². The van der Waals surface area contributed by atoms with Crippen LogP contribution in [0.4, 0.5) is 0 Å². The predicted molar refractivity (Wildman–Crippen MR) is 81.6 cm³/mol. The summed E-state index contributed by atoms with van der Waals surface area (Å²) in [5.74, 6) is 0.882. The minimum atomic E-state index is 0.0973. The summed E-state index contributed by atoms with van der Waals surface area (Å²) in [6.45, 7) is 8.73. The quantitative estimate of drug-likeness (QED) is 0.779. The number of amides is 2. The molecule has 0 aromatic heterocycles. The Morgan fingerprint density at radius 1 is 1.05 bits per heavy atom. The van der Waals surface area contributed by atoms with Gasteiger partial charge >= 0.3 is 0 Å². The fourth-order valence-electron chi connectivity index (χ4n) is 3.20. The van der Waals surface area contributed by atoms with Crippen LogP contribution in [0.2, 0.25) is 0 Å². The molecule has 2 heterocycles. The van der Waals surface area contributed by atoms with Crippen molar-refractivity contribution in [2.75, 3.05) is 45.8 Å². The van der Waals surface area contributed by atoms with E-state index < -0.39 is 0 Å². The summed E-state index contributed by atoms with van der Waals surface area (Å²) in [7, 11) is 0. The molecule has 0 aromatic rings. The van der Waals surface area contributed by atoms with Crippen LogP contribution in [0.3, 0.4) is 0 Å². The maximum Gasteiger partial charge on any atom is 0.236 e. The van der Waals surface area contributed by atoms with Crippen molar-refractivity contribution in [1.82, 2.24) is 14.7 Å². The van der Waals surface area contributed by atoms with Gasteiger partial charge in [0.15, 0.2) is 0 Å². The van der Waals surface area contributed by atoms with Gasteiger partial charge in [-0.15, -0.1) is 0 Å². The highest BCUT2D eigenvalue weighted by molar-refractivity contribution is 5.79. The first-order chi connectivity index (χ1) is 9.97. The first kappa shape index (κ1) is 16.2. The number of carbonyl (C=O) groups excluding carboxylic acids is 2. The molecule has 2 amide bonds. The largest absolute Gasteiger partial charge is 0.339 e. The summed E-state index contributed by atoms with van der Waals surface area (Å²) in [6, 6.07) is 0.252. The van der Waals surface area contributed by atoms with E-state index in [9.17, 15) is 9.59 Å². The van der Waals surface area contributed by atoms with Crippen LogP contribution < -0.4 is 5.73 Å². The lowest BCUT2D eigenvalue weighted by atomic mass is 9.91. The molecule has 6 nitrogen and oxygen atoms in total. The molecule has 0 aliphatic carbocycles. The van der Waals surface area contributed by atoms with Crippen LogP contribution in [0, 0.1) is 5.92 Å². The molecule has 2 rings (SSSR count). The second-order valence-corrected chi connectivity index (χ2v) is 6.36. The summed E-state index contributed by atoms with van der Waals surface area (Å²) < 4.78 is 0. The first-order valence-corrected chi connectivity index (χ1v) is 7.98. The van der Waals surface area contributed by atoms with Gasteiger partial charge in [0.2, 0.25) is 11.8 Å². The van der Waals surface area contributed by atoms with E-state index in [0.717, 1.165) is 25.9 Å². The highest BCUT2D eigenvalue weighted by Gasteiger charge is 2.26. The molecule has 6 heteroatoms. The molecule has 0 saturated carbocycles. The van der Waals surface area contributed by atoms with Crippen molar-refractivity contribution >= 4 is 11.8 Å². The number of nitrogens with two attached hydrogens (primary N) is 1. The normalized spacial score (nSPS) is 23.2. The number of nitrogens with zero attached hydrogens (tertiary/aromatic N) is 3. The zero-order valence-corrected chi connectivity index (χ0v) is 13.3. The van der Waals surface area contributed by atoms with E-state index in [-0.39, 0.29) is 17.9 Å². The fraction of sp³-hybridized carbons (Fsp3) is 0.867. The molecule has 120 valence electrons. The molecule has 0 radical (unpaired) electrons. The van der Waals surface area contributed by atoms with Gasteiger partial charge < -0.3 is 15.5 Å². The molecule has 0 aromatic carbocycles. The van der Waals surface area contributed by atoms with Gasteiger partial charge in [0.05, 0.1) is 6.54 Å². The Morgan fingerprint density at radius 2 is 1.57 bits per heavy atom. The summed E-state index contributed by atoms with van der Waals surface area (Å²) in [5, 5.41) is 0. The van der Waals surface area contributed by atoms with Crippen LogP contribution in [0.15, 0.2) is 0 Å². The monoisotopic (exact) mass is 296 g/mol. The third-order valence-electron chi connectivity index (χ3n) is 4.81.